The third-order valence-corrected chi connectivity index (χ3v) is 3.49. The molecule has 0 saturated heterocycles. The van der Waals surface area contributed by atoms with Crippen LogP contribution in [0.4, 0.5) is 0 Å². The van der Waals surface area contributed by atoms with Crippen molar-refractivity contribution in [2.75, 3.05) is 19.8 Å². The smallest absolute Gasteiger partial charge is 0.341 e. The second-order valence-electron chi connectivity index (χ2n) is 5.28. The maximum atomic E-state index is 12.3. The maximum absolute atomic E-state index is 12.3. The highest BCUT2D eigenvalue weighted by molar-refractivity contribution is 6.07. The lowest BCUT2D eigenvalue weighted by Crippen LogP contribution is -2.15. The number of carboxylic acids is 1. The van der Waals surface area contributed by atoms with Gasteiger partial charge < -0.3 is 19.3 Å². The highest BCUT2D eigenvalue weighted by atomic mass is 16.6. The molecule has 0 bridgehead atoms. The molecule has 3 rings (SSSR count). The van der Waals surface area contributed by atoms with Gasteiger partial charge >= 0.3 is 5.97 Å². The molecule has 6 nitrogen and oxygen atoms in total. The summed E-state index contributed by atoms with van der Waals surface area (Å²) in [5.41, 5.74) is 1.16. The van der Waals surface area contributed by atoms with E-state index in [4.69, 9.17) is 19.3 Å². The fraction of sp³-hybridized carbons (Fsp3) is 0.158. The van der Waals surface area contributed by atoms with Crippen LogP contribution in [0.5, 0.6) is 17.2 Å². The second-order valence-corrected chi connectivity index (χ2v) is 5.28. The van der Waals surface area contributed by atoms with Crippen LogP contribution in [-0.4, -0.2) is 36.7 Å². The number of aliphatic carboxylic acids is 1. The van der Waals surface area contributed by atoms with E-state index in [1.165, 1.54) is 12.1 Å². The van der Waals surface area contributed by atoms with Crippen molar-refractivity contribution in [3.8, 4) is 17.2 Å². The minimum absolute atomic E-state index is 0.227. The first-order chi connectivity index (χ1) is 12.1. The SMILES string of the molecule is O=C(O)COc1cccc(C(=O)C=Cc2cccc3c2OCCO3)c1. The van der Waals surface area contributed by atoms with Crippen molar-refractivity contribution in [2.24, 2.45) is 0 Å². The van der Waals surface area contributed by atoms with Crippen LogP contribution in [0.25, 0.3) is 6.08 Å². The van der Waals surface area contributed by atoms with Crippen LogP contribution in [0.1, 0.15) is 15.9 Å². The number of hydrogen-bond acceptors (Lipinski definition) is 5. The summed E-state index contributed by atoms with van der Waals surface area (Å²) >= 11 is 0. The molecule has 0 amide bonds. The van der Waals surface area contributed by atoms with Crippen LogP contribution in [0, 0.1) is 0 Å². The van der Waals surface area contributed by atoms with Gasteiger partial charge in [-0.2, -0.15) is 0 Å². The van der Waals surface area contributed by atoms with E-state index in [2.05, 4.69) is 0 Å². The molecule has 0 unspecified atom stereocenters. The lowest BCUT2D eigenvalue weighted by molar-refractivity contribution is -0.139. The van der Waals surface area contributed by atoms with E-state index in [9.17, 15) is 9.59 Å². The molecule has 0 aliphatic carbocycles. The Morgan fingerprint density at radius 2 is 1.92 bits per heavy atom. The molecule has 6 heteroatoms. The highest BCUT2D eigenvalue weighted by Gasteiger charge is 2.14. The lowest BCUT2D eigenvalue weighted by atomic mass is 10.1. The Morgan fingerprint density at radius 3 is 2.76 bits per heavy atom. The Balaban J connectivity index is 1.75. The van der Waals surface area contributed by atoms with Gasteiger partial charge in [0, 0.05) is 11.1 Å². The molecule has 0 saturated carbocycles. The zero-order valence-corrected chi connectivity index (χ0v) is 13.3. The summed E-state index contributed by atoms with van der Waals surface area (Å²) in [6.45, 7) is 0.512. The number of fused-ring (bicyclic) bond motifs is 1. The van der Waals surface area contributed by atoms with Gasteiger partial charge in [-0.1, -0.05) is 24.3 Å². The molecule has 1 aliphatic heterocycles. The number of para-hydroxylation sites is 1. The average Bonchev–Trinajstić information content (AvgIpc) is 2.64. The predicted octanol–water partition coefficient (Wildman–Crippen LogP) is 2.82. The van der Waals surface area contributed by atoms with Crippen molar-refractivity contribution in [2.45, 2.75) is 0 Å². The number of carbonyl (C=O) groups is 2. The molecule has 2 aromatic rings. The van der Waals surface area contributed by atoms with Gasteiger partial charge in [0.15, 0.2) is 23.9 Å². The molecule has 0 atom stereocenters. The van der Waals surface area contributed by atoms with Gasteiger partial charge in [0.1, 0.15) is 19.0 Å². The summed E-state index contributed by atoms with van der Waals surface area (Å²) < 4.78 is 16.2. The molecular weight excluding hydrogens is 324 g/mol. The predicted molar refractivity (Wildman–Crippen MR) is 90.4 cm³/mol. The Morgan fingerprint density at radius 1 is 1.12 bits per heavy atom. The van der Waals surface area contributed by atoms with Crippen LogP contribution >= 0.6 is 0 Å². The number of carbonyl (C=O) groups excluding carboxylic acids is 1. The number of ether oxygens (including phenoxy) is 3. The fourth-order valence-electron chi connectivity index (χ4n) is 2.37. The summed E-state index contributed by atoms with van der Waals surface area (Å²) in [5, 5.41) is 8.64. The minimum atomic E-state index is -1.08. The molecule has 0 radical (unpaired) electrons. The first kappa shape index (κ1) is 16.6. The first-order valence-corrected chi connectivity index (χ1v) is 7.69. The molecule has 0 fully saturated rings. The van der Waals surface area contributed by atoms with Crippen LogP contribution in [-0.2, 0) is 4.79 Å². The topological polar surface area (TPSA) is 82.1 Å². The van der Waals surface area contributed by atoms with Gasteiger partial charge in [0.2, 0.25) is 0 Å². The van der Waals surface area contributed by atoms with Crippen LogP contribution < -0.4 is 14.2 Å². The van der Waals surface area contributed by atoms with E-state index < -0.39 is 12.6 Å². The molecule has 1 heterocycles. The molecule has 2 aromatic carbocycles. The quantitative estimate of drug-likeness (QED) is 0.643. The number of carboxylic acid groups (broad SMARTS) is 1. The second kappa shape index (κ2) is 7.53. The fourth-order valence-corrected chi connectivity index (χ4v) is 2.37. The zero-order valence-electron chi connectivity index (χ0n) is 13.3. The van der Waals surface area contributed by atoms with E-state index in [0.29, 0.717) is 36.0 Å². The Labute approximate surface area is 144 Å². The van der Waals surface area contributed by atoms with Crippen LogP contribution in [0.3, 0.4) is 0 Å². The molecule has 1 N–H and O–H groups in total. The lowest BCUT2D eigenvalue weighted by Gasteiger charge is -2.19. The van der Waals surface area contributed by atoms with Crippen LogP contribution in [0.15, 0.2) is 48.5 Å². The summed E-state index contributed by atoms with van der Waals surface area (Å²) in [4.78, 5) is 22.9. The van der Waals surface area contributed by atoms with Crippen molar-refractivity contribution in [3.63, 3.8) is 0 Å². The Bertz CT molecular complexity index is 824. The van der Waals surface area contributed by atoms with Crippen molar-refractivity contribution >= 4 is 17.8 Å². The zero-order chi connectivity index (χ0) is 17.6. The number of rotatable bonds is 6. The number of ketones is 1. The van der Waals surface area contributed by atoms with E-state index in [0.717, 1.165) is 5.56 Å². The van der Waals surface area contributed by atoms with Gasteiger partial charge in [0.25, 0.3) is 0 Å². The van der Waals surface area contributed by atoms with Crippen molar-refractivity contribution < 1.29 is 28.9 Å². The third-order valence-electron chi connectivity index (χ3n) is 3.49. The normalized spacial score (nSPS) is 12.8. The van der Waals surface area contributed by atoms with Gasteiger partial charge in [-0.05, 0) is 30.4 Å². The summed E-state index contributed by atoms with van der Waals surface area (Å²) in [5.74, 6) is 0.305. The minimum Gasteiger partial charge on any atom is -0.486 e. The van der Waals surface area contributed by atoms with E-state index in [1.807, 2.05) is 18.2 Å². The number of hydrogen-bond donors (Lipinski definition) is 1. The Hall–Kier alpha value is -3.28. The molecule has 0 spiro atoms. The van der Waals surface area contributed by atoms with Crippen molar-refractivity contribution in [1.82, 2.24) is 0 Å². The largest absolute Gasteiger partial charge is 0.486 e. The average molecular weight is 340 g/mol. The van der Waals surface area contributed by atoms with E-state index in [-0.39, 0.29) is 5.78 Å². The molecule has 0 aromatic heterocycles. The van der Waals surface area contributed by atoms with E-state index in [1.54, 1.807) is 24.3 Å². The van der Waals surface area contributed by atoms with Gasteiger partial charge in [-0.3, -0.25) is 4.79 Å². The Kier molecular flexibility index (Phi) is 4.99. The third kappa shape index (κ3) is 4.17. The summed E-state index contributed by atoms with van der Waals surface area (Å²) in [7, 11) is 0. The number of allylic oxidation sites excluding steroid dienone is 1. The monoisotopic (exact) mass is 340 g/mol. The molecule has 128 valence electrons. The summed E-state index contributed by atoms with van der Waals surface area (Å²) in [6.07, 6.45) is 3.10. The van der Waals surface area contributed by atoms with Gasteiger partial charge in [-0.15, -0.1) is 0 Å². The van der Waals surface area contributed by atoms with Crippen molar-refractivity contribution in [1.29, 1.82) is 0 Å². The molecule has 1 aliphatic rings. The molecular formula is C19H16O6. The highest BCUT2D eigenvalue weighted by Crippen LogP contribution is 2.34. The number of benzene rings is 2. The van der Waals surface area contributed by atoms with Crippen LogP contribution in [0.2, 0.25) is 0 Å². The molecule has 25 heavy (non-hydrogen) atoms. The summed E-state index contributed by atoms with van der Waals surface area (Å²) in [6, 6.07) is 11.9. The van der Waals surface area contributed by atoms with E-state index >= 15 is 0 Å². The maximum Gasteiger partial charge on any atom is 0.341 e. The standard InChI is InChI=1S/C19H16O6/c20-16(14-4-1-5-15(11-14)25-12-18(21)22)8-7-13-3-2-6-17-19(13)24-10-9-23-17/h1-8,11H,9-10,12H2,(H,21,22). The van der Waals surface area contributed by atoms with Gasteiger partial charge in [0.05, 0.1) is 0 Å². The van der Waals surface area contributed by atoms with Crippen molar-refractivity contribution in [3.05, 3.63) is 59.7 Å². The van der Waals surface area contributed by atoms with Gasteiger partial charge in [-0.25, -0.2) is 4.79 Å². The first-order valence-electron chi connectivity index (χ1n) is 7.69.